The van der Waals surface area contributed by atoms with Crippen LogP contribution in [0.5, 0.6) is 0 Å². The number of nitrogens with one attached hydrogen (secondary N) is 2. The summed E-state index contributed by atoms with van der Waals surface area (Å²) >= 11 is 1.54. The summed E-state index contributed by atoms with van der Waals surface area (Å²) < 4.78 is 0. The number of likely N-dealkylation sites (N-methyl/N-ethyl adjacent to an activating group) is 1. The highest BCUT2D eigenvalue weighted by Crippen LogP contribution is 2.29. The van der Waals surface area contributed by atoms with E-state index in [1.807, 2.05) is 25.2 Å². The number of pyridine rings is 3. The number of hydrogen-bond acceptors (Lipinski definition) is 9. The van der Waals surface area contributed by atoms with Crippen LogP contribution >= 0.6 is 11.3 Å². The number of anilines is 3. The van der Waals surface area contributed by atoms with Gasteiger partial charge in [0.25, 0.3) is 5.91 Å². The fourth-order valence-corrected chi connectivity index (χ4v) is 4.43. The number of rotatable bonds is 5. The largest absolute Gasteiger partial charge is 0.365 e. The average Bonchev–Trinajstić information content (AvgIpc) is 3.34. The minimum Gasteiger partial charge on any atom is -0.365 e. The zero-order chi connectivity index (χ0) is 22.8. The monoisotopic (exact) mass is 460 g/mol. The molecule has 5 heterocycles. The number of carbonyl (C=O) groups is 1. The molecule has 10 heteroatoms. The SMILES string of the molecule is CNc1ncc(-c2ccc3cnc(NC(=O)c4ccnc(N5CCN(C)CC5)c4)cc3n2)s1. The maximum Gasteiger partial charge on any atom is 0.257 e. The molecule has 33 heavy (non-hydrogen) atoms. The van der Waals surface area contributed by atoms with Crippen LogP contribution in [0.3, 0.4) is 0 Å². The van der Waals surface area contributed by atoms with Crippen LogP contribution in [0, 0.1) is 0 Å². The van der Waals surface area contributed by atoms with Gasteiger partial charge in [-0.3, -0.25) is 4.79 Å². The Hall–Kier alpha value is -3.63. The molecule has 0 radical (unpaired) electrons. The predicted octanol–water partition coefficient (Wildman–Crippen LogP) is 3.19. The topological polar surface area (TPSA) is 99.2 Å². The van der Waals surface area contributed by atoms with E-state index < -0.39 is 0 Å². The van der Waals surface area contributed by atoms with Gasteiger partial charge in [-0.05, 0) is 31.3 Å². The highest BCUT2D eigenvalue weighted by atomic mass is 32.1. The van der Waals surface area contributed by atoms with Crippen molar-refractivity contribution in [1.82, 2.24) is 24.8 Å². The smallest absolute Gasteiger partial charge is 0.257 e. The first-order valence-electron chi connectivity index (χ1n) is 10.7. The molecule has 0 unspecified atom stereocenters. The van der Waals surface area contributed by atoms with Gasteiger partial charge in [-0.15, -0.1) is 0 Å². The molecular weight excluding hydrogens is 436 g/mol. The van der Waals surface area contributed by atoms with Crippen molar-refractivity contribution in [2.75, 3.05) is 55.8 Å². The van der Waals surface area contributed by atoms with E-state index in [1.165, 1.54) is 11.3 Å². The molecule has 4 aromatic rings. The van der Waals surface area contributed by atoms with Gasteiger partial charge in [-0.2, -0.15) is 0 Å². The van der Waals surface area contributed by atoms with Gasteiger partial charge in [-0.1, -0.05) is 11.3 Å². The van der Waals surface area contributed by atoms with E-state index >= 15 is 0 Å². The van der Waals surface area contributed by atoms with Crippen molar-refractivity contribution in [3.8, 4) is 10.6 Å². The summed E-state index contributed by atoms with van der Waals surface area (Å²) in [6, 6.07) is 9.27. The maximum absolute atomic E-state index is 12.9. The Morgan fingerprint density at radius 1 is 1.03 bits per heavy atom. The van der Waals surface area contributed by atoms with E-state index in [-0.39, 0.29) is 5.91 Å². The third kappa shape index (κ3) is 4.62. The summed E-state index contributed by atoms with van der Waals surface area (Å²) in [7, 11) is 3.95. The Kier molecular flexibility index (Phi) is 5.84. The quantitative estimate of drug-likeness (QED) is 0.469. The molecule has 1 amide bonds. The van der Waals surface area contributed by atoms with E-state index in [9.17, 15) is 4.79 Å². The van der Waals surface area contributed by atoms with Gasteiger partial charge in [0.05, 0.1) is 16.1 Å². The van der Waals surface area contributed by atoms with Crippen molar-refractivity contribution in [2.45, 2.75) is 0 Å². The number of hydrogen-bond donors (Lipinski definition) is 2. The molecule has 9 nitrogen and oxygen atoms in total. The van der Waals surface area contributed by atoms with Crippen molar-refractivity contribution in [3.63, 3.8) is 0 Å². The standard InChI is InChI=1S/C23H24N8OS/c1-24-23-27-14-19(33-23)17-4-3-16-13-26-20(12-18(16)28-17)29-22(32)15-5-6-25-21(11-15)31-9-7-30(2)8-10-31/h3-6,11-14H,7-10H2,1-2H3,(H,24,27)(H,26,29,32). The van der Waals surface area contributed by atoms with Crippen molar-refractivity contribution in [2.24, 2.45) is 0 Å². The fraction of sp³-hybridized carbons (Fsp3) is 0.261. The molecule has 0 saturated carbocycles. The van der Waals surface area contributed by atoms with Crippen molar-refractivity contribution >= 4 is 44.9 Å². The highest BCUT2D eigenvalue weighted by Gasteiger charge is 2.17. The number of nitrogens with zero attached hydrogens (tertiary/aromatic N) is 6. The molecule has 0 aromatic carbocycles. The third-order valence-electron chi connectivity index (χ3n) is 5.62. The molecule has 4 aromatic heterocycles. The summed E-state index contributed by atoms with van der Waals surface area (Å²) in [6.07, 6.45) is 5.20. The second kappa shape index (κ2) is 9.08. The van der Waals surface area contributed by atoms with Gasteiger partial charge in [0.2, 0.25) is 0 Å². The number of amides is 1. The second-order valence-electron chi connectivity index (χ2n) is 7.89. The third-order valence-corrected chi connectivity index (χ3v) is 6.66. The van der Waals surface area contributed by atoms with Gasteiger partial charge < -0.3 is 20.4 Å². The van der Waals surface area contributed by atoms with Crippen LogP contribution in [-0.4, -0.2) is 71.0 Å². The summed E-state index contributed by atoms with van der Waals surface area (Å²) in [5.41, 5.74) is 2.13. The van der Waals surface area contributed by atoms with Gasteiger partial charge in [0.1, 0.15) is 11.6 Å². The van der Waals surface area contributed by atoms with Crippen LogP contribution in [-0.2, 0) is 0 Å². The van der Waals surface area contributed by atoms with E-state index in [2.05, 4.69) is 42.4 Å². The Morgan fingerprint density at radius 2 is 1.88 bits per heavy atom. The average molecular weight is 461 g/mol. The van der Waals surface area contributed by atoms with Gasteiger partial charge >= 0.3 is 0 Å². The van der Waals surface area contributed by atoms with Crippen LogP contribution in [0.15, 0.2) is 48.9 Å². The molecule has 1 aliphatic heterocycles. The van der Waals surface area contributed by atoms with Crippen LogP contribution in [0.25, 0.3) is 21.5 Å². The first kappa shape index (κ1) is 21.2. The van der Waals surface area contributed by atoms with Crippen molar-refractivity contribution < 1.29 is 4.79 Å². The van der Waals surface area contributed by atoms with Gasteiger partial charge in [0.15, 0.2) is 5.13 Å². The lowest BCUT2D eigenvalue weighted by atomic mass is 10.2. The Labute approximate surface area is 195 Å². The lowest BCUT2D eigenvalue weighted by Crippen LogP contribution is -2.44. The summed E-state index contributed by atoms with van der Waals surface area (Å²) in [6.45, 7) is 3.74. The minimum atomic E-state index is -0.225. The fourth-order valence-electron chi connectivity index (χ4n) is 3.69. The molecule has 2 N–H and O–H groups in total. The molecule has 0 spiro atoms. The predicted molar refractivity (Wildman–Crippen MR) is 132 cm³/mol. The number of thiazole rings is 1. The lowest BCUT2D eigenvalue weighted by molar-refractivity contribution is 0.102. The Balaban J connectivity index is 1.35. The summed E-state index contributed by atoms with van der Waals surface area (Å²) in [5, 5.41) is 7.67. The summed E-state index contributed by atoms with van der Waals surface area (Å²) in [5.74, 6) is 1.05. The molecule has 1 saturated heterocycles. The minimum absolute atomic E-state index is 0.225. The maximum atomic E-state index is 12.9. The molecule has 0 bridgehead atoms. The van der Waals surface area contributed by atoms with E-state index in [4.69, 9.17) is 4.98 Å². The van der Waals surface area contributed by atoms with Crippen LogP contribution in [0.1, 0.15) is 10.4 Å². The molecule has 168 valence electrons. The van der Waals surface area contributed by atoms with Crippen molar-refractivity contribution in [3.05, 3.63) is 54.5 Å². The van der Waals surface area contributed by atoms with Crippen LogP contribution in [0.2, 0.25) is 0 Å². The highest BCUT2D eigenvalue weighted by molar-refractivity contribution is 7.18. The Morgan fingerprint density at radius 3 is 2.67 bits per heavy atom. The zero-order valence-electron chi connectivity index (χ0n) is 18.4. The first-order chi connectivity index (χ1) is 16.1. The summed E-state index contributed by atoms with van der Waals surface area (Å²) in [4.78, 5) is 36.3. The van der Waals surface area contributed by atoms with E-state index in [0.717, 1.165) is 58.6 Å². The molecule has 1 aliphatic rings. The number of carbonyl (C=O) groups excluding carboxylic acids is 1. The number of fused-ring (bicyclic) bond motifs is 1. The molecule has 1 fully saturated rings. The van der Waals surface area contributed by atoms with E-state index in [0.29, 0.717) is 11.4 Å². The van der Waals surface area contributed by atoms with Crippen molar-refractivity contribution in [1.29, 1.82) is 0 Å². The van der Waals surface area contributed by atoms with Crippen LogP contribution < -0.4 is 15.5 Å². The van der Waals surface area contributed by atoms with Gasteiger partial charge in [0, 0.05) is 68.8 Å². The molecule has 5 rings (SSSR count). The number of piperazine rings is 1. The van der Waals surface area contributed by atoms with E-state index in [1.54, 1.807) is 30.7 Å². The second-order valence-corrected chi connectivity index (χ2v) is 8.92. The number of aromatic nitrogens is 4. The Bertz CT molecular complexity index is 1300. The molecule has 0 atom stereocenters. The molecule has 0 aliphatic carbocycles. The van der Waals surface area contributed by atoms with Gasteiger partial charge in [-0.25, -0.2) is 19.9 Å². The lowest BCUT2D eigenvalue weighted by Gasteiger charge is -2.33. The van der Waals surface area contributed by atoms with Crippen LogP contribution in [0.4, 0.5) is 16.8 Å². The normalized spacial score (nSPS) is 14.4. The first-order valence-corrected chi connectivity index (χ1v) is 11.5. The zero-order valence-corrected chi connectivity index (χ0v) is 19.3. The molecular formula is C23H24N8OS.